The number of carbonyl (C=O) groups excluding carboxylic acids is 1. The third kappa shape index (κ3) is 4.30. The van der Waals surface area contributed by atoms with Crippen LogP contribution in [-0.2, 0) is 6.54 Å². The lowest BCUT2D eigenvalue weighted by atomic mass is 10.2. The van der Waals surface area contributed by atoms with E-state index in [1.165, 1.54) is 0 Å². The highest BCUT2D eigenvalue weighted by molar-refractivity contribution is 6.30. The van der Waals surface area contributed by atoms with Crippen molar-refractivity contribution in [1.82, 2.24) is 15.3 Å². The van der Waals surface area contributed by atoms with Gasteiger partial charge in [0.05, 0.1) is 0 Å². The summed E-state index contributed by atoms with van der Waals surface area (Å²) < 4.78 is 0. The van der Waals surface area contributed by atoms with Gasteiger partial charge in [0.1, 0.15) is 5.69 Å². The standard InChI is InChI=1S/C18H15ClN4O/c19-14-2-1-3-15(10-14)23-16-6-9-21-17(11-16)18(24)22-12-13-4-7-20-8-5-13/h1-11H,12H2,(H,21,23)(H,22,24). The first-order valence-electron chi connectivity index (χ1n) is 7.36. The smallest absolute Gasteiger partial charge is 0.270 e. The summed E-state index contributed by atoms with van der Waals surface area (Å²) >= 11 is 5.97. The monoisotopic (exact) mass is 338 g/mol. The molecule has 2 heterocycles. The number of amides is 1. The molecule has 3 aromatic rings. The van der Waals surface area contributed by atoms with Crippen LogP contribution in [0.25, 0.3) is 0 Å². The average molecular weight is 339 g/mol. The summed E-state index contributed by atoms with van der Waals surface area (Å²) in [6.45, 7) is 0.426. The molecule has 0 aliphatic carbocycles. The van der Waals surface area contributed by atoms with Crippen LogP contribution >= 0.6 is 11.6 Å². The lowest BCUT2D eigenvalue weighted by Crippen LogP contribution is -2.23. The number of aromatic nitrogens is 2. The SMILES string of the molecule is O=C(NCc1ccncc1)c1cc(Nc2cccc(Cl)c2)ccn1. The number of hydrogen-bond donors (Lipinski definition) is 2. The lowest BCUT2D eigenvalue weighted by Gasteiger charge is -2.09. The summed E-state index contributed by atoms with van der Waals surface area (Å²) in [7, 11) is 0. The van der Waals surface area contributed by atoms with Gasteiger partial charge in [-0.3, -0.25) is 14.8 Å². The van der Waals surface area contributed by atoms with Crippen molar-refractivity contribution in [3.8, 4) is 0 Å². The van der Waals surface area contributed by atoms with Gasteiger partial charge in [0.15, 0.2) is 0 Å². The van der Waals surface area contributed by atoms with E-state index in [0.717, 1.165) is 16.9 Å². The van der Waals surface area contributed by atoms with Crippen molar-refractivity contribution in [3.63, 3.8) is 0 Å². The Kier molecular flexibility index (Phi) is 5.03. The Bertz CT molecular complexity index is 839. The molecule has 0 bridgehead atoms. The molecule has 0 radical (unpaired) electrons. The third-order valence-electron chi connectivity index (χ3n) is 3.31. The molecular weight excluding hydrogens is 324 g/mol. The van der Waals surface area contributed by atoms with Crippen LogP contribution in [0.5, 0.6) is 0 Å². The summed E-state index contributed by atoms with van der Waals surface area (Å²) in [6, 6.07) is 14.6. The number of hydrogen-bond acceptors (Lipinski definition) is 4. The maximum absolute atomic E-state index is 12.2. The third-order valence-corrected chi connectivity index (χ3v) is 3.54. The number of benzene rings is 1. The fraction of sp³-hybridized carbons (Fsp3) is 0.0556. The molecule has 0 spiro atoms. The van der Waals surface area contributed by atoms with Gasteiger partial charge in [-0.25, -0.2) is 0 Å². The van der Waals surface area contributed by atoms with Crippen molar-refractivity contribution >= 4 is 28.9 Å². The van der Waals surface area contributed by atoms with Crippen LogP contribution in [0.15, 0.2) is 67.1 Å². The zero-order valence-electron chi connectivity index (χ0n) is 12.7. The summed E-state index contributed by atoms with van der Waals surface area (Å²) in [4.78, 5) is 20.3. The first-order chi connectivity index (χ1) is 11.7. The van der Waals surface area contributed by atoms with E-state index >= 15 is 0 Å². The fourth-order valence-electron chi connectivity index (χ4n) is 2.14. The van der Waals surface area contributed by atoms with Gasteiger partial charge in [0.25, 0.3) is 5.91 Å². The zero-order valence-corrected chi connectivity index (χ0v) is 13.5. The Morgan fingerprint density at radius 2 is 1.79 bits per heavy atom. The van der Waals surface area contributed by atoms with Crippen molar-refractivity contribution in [1.29, 1.82) is 0 Å². The van der Waals surface area contributed by atoms with E-state index < -0.39 is 0 Å². The normalized spacial score (nSPS) is 10.2. The maximum atomic E-state index is 12.2. The quantitative estimate of drug-likeness (QED) is 0.742. The summed E-state index contributed by atoms with van der Waals surface area (Å²) in [6.07, 6.45) is 4.97. The van der Waals surface area contributed by atoms with Gasteiger partial charge in [-0.15, -0.1) is 0 Å². The number of rotatable bonds is 5. The number of pyridine rings is 2. The number of nitrogens with one attached hydrogen (secondary N) is 2. The van der Waals surface area contributed by atoms with Gasteiger partial charge in [-0.1, -0.05) is 17.7 Å². The van der Waals surface area contributed by atoms with Crippen LogP contribution in [-0.4, -0.2) is 15.9 Å². The van der Waals surface area contributed by atoms with Gasteiger partial charge in [0, 0.05) is 41.5 Å². The average Bonchev–Trinajstić information content (AvgIpc) is 2.61. The van der Waals surface area contributed by atoms with E-state index in [0.29, 0.717) is 17.3 Å². The second kappa shape index (κ2) is 7.57. The van der Waals surface area contributed by atoms with Gasteiger partial charge >= 0.3 is 0 Å². The Morgan fingerprint density at radius 1 is 1.00 bits per heavy atom. The van der Waals surface area contributed by atoms with Gasteiger partial charge in [-0.05, 0) is 48.0 Å². The highest BCUT2D eigenvalue weighted by atomic mass is 35.5. The Morgan fingerprint density at radius 3 is 2.58 bits per heavy atom. The molecule has 3 rings (SSSR count). The molecule has 0 unspecified atom stereocenters. The molecule has 0 atom stereocenters. The van der Waals surface area contributed by atoms with E-state index in [9.17, 15) is 4.79 Å². The number of nitrogens with zero attached hydrogens (tertiary/aromatic N) is 2. The molecule has 1 amide bonds. The van der Waals surface area contributed by atoms with Crippen LogP contribution < -0.4 is 10.6 Å². The summed E-state index contributed by atoms with van der Waals surface area (Å²) in [5, 5.41) is 6.68. The molecule has 5 nitrogen and oxygen atoms in total. The Hall–Kier alpha value is -2.92. The van der Waals surface area contributed by atoms with Crippen LogP contribution in [0.3, 0.4) is 0 Å². The predicted octanol–water partition coefficient (Wildman–Crippen LogP) is 3.80. The molecule has 2 N–H and O–H groups in total. The molecule has 0 aliphatic heterocycles. The van der Waals surface area contributed by atoms with Crippen LogP contribution in [0.1, 0.15) is 16.1 Å². The fourth-order valence-corrected chi connectivity index (χ4v) is 2.33. The number of halogens is 1. The Balaban J connectivity index is 1.67. The number of carbonyl (C=O) groups is 1. The minimum atomic E-state index is -0.235. The van der Waals surface area contributed by atoms with Crippen molar-refractivity contribution in [2.24, 2.45) is 0 Å². The molecule has 24 heavy (non-hydrogen) atoms. The van der Waals surface area contributed by atoms with Crippen LogP contribution in [0, 0.1) is 0 Å². The van der Waals surface area contributed by atoms with E-state index in [4.69, 9.17) is 11.6 Å². The second-order valence-corrected chi connectivity index (χ2v) is 5.54. The van der Waals surface area contributed by atoms with E-state index in [-0.39, 0.29) is 5.91 Å². The largest absolute Gasteiger partial charge is 0.355 e. The zero-order chi connectivity index (χ0) is 16.8. The van der Waals surface area contributed by atoms with E-state index in [1.54, 1.807) is 36.8 Å². The van der Waals surface area contributed by atoms with Crippen molar-refractivity contribution in [2.45, 2.75) is 6.54 Å². The number of anilines is 2. The molecule has 0 aliphatic rings. The van der Waals surface area contributed by atoms with Gasteiger partial charge < -0.3 is 10.6 Å². The minimum Gasteiger partial charge on any atom is -0.355 e. The molecule has 0 saturated heterocycles. The lowest BCUT2D eigenvalue weighted by molar-refractivity contribution is 0.0946. The predicted molar refractivity (Wildman–Crippen MR) is 94.4 cm³/mol. The highest BCUT2D eigenvalue weighted by Crippen LogP contribution is 2.20. The maximum Gasteiger partial charge on any atom is 0.270 e. The van der Waals surface area contributed by atoms with Crippen molar-refractivity contribution < 1.29 is 4.79 Å². The minimum absolute atomic E-state index is 0.235. The molecule has 0 saturated carbocycles. The van der Waals surface area contributed by atoms with E-state index in [2.05, 4.69) is 20.6 Å². The first kappa shape index (κ1) is 16.0. The molecule has 0 fully saturated rings. The van der Waals surface area contributed by atoms with Crippen molar-refractivity contribution in [3.05, 3.63) is 83.4 Å². The molecular formula is C18H15ClN4O. The van der Waals surface area contributed by atoms with Gasteiger partial charge in [0.2, 0.25) is 0 Å². The van der Waals surface area contributed by atoms with E-state index in [1.807, 2.05) is 30.3 Å². The summed E-state index contributed by atoms with van der Waals surface area (Å²) in [5.41, 5.74) is 2.93. The van der Waals surface area contributed by atoms with Gasteiger partial charge in [-0.2, -0.15) is 0 Å². The second-order valence-electron chi connectivity index (χ2n) is 5.10. The molecule has 120 valence electrons. The summed E-state index contributed by atoms with van der Waals surface area (Å²) in [5.74, 6) is -0.235. The Labute approximate surface area is 144 Å². The molecule has 1 aromatic carbocycles. The van der Waals surface area contributed by atoms with Crippen molar-refractivity contribution in [2.75, 3.05) is 5.32 Å². The highest BCUT2D eigenvalue weighted by Gasteiger charge is 2.08. The first-order valence-corrected chi connectivity index (χ1v) is 7.74. The topological polar surface area (TPSA) is 66.9 Å². The molecule has 2 aromatic heterocycles. The van der Waals surface area contributed by atoms with Crippen LogP contribution in [0.2, 0.25) is 5.02 Å². The molecule has 6 heteroatoms. The van der Waals surface area contributed by atoms with Crippen LogP contribution in [0.4, 0.5) is 11.4 Å².